The van der Waals surface area contributed by atoms with Gasteiger partial charge in [-0.1, -0.05) is 18.3 Å². The van der Waals surface area contributed by atoms with Crippen molar-refractivity contribution in [2.45, 2.75) is 32.2 Å². The first-order valence-electron chi connectivity index (χ1n) is 14.1. The van der Waals surface area contributed by atoms with Gasteiger partial charge in [-0.2, -0.15) is 5.26 Å². The number of hydrogen-bond donors (Lipinski definition) is 2. The molecule has 2 N–H and O–H groups in total. The maximum absolute atomic E-state index is 13.5. The molecule has 5 heterocycles. The van der Waals surface area contributed by atoms with E-state index in [4.69, 9.17) is 9.97 Å². The molecule has 2 aliphatic rings. The molecule has 43 heavy (non-hydrogen) atoms. The monoisotopic (exact) mass is 593 g/mol. The smallest absolute Gasteiger partial charge is 0.271 e. The van der Waals surface area contributed by atoms with E-state index in [-0.39, 0.29) is 17.8 Å². The first-order chi connectivity index (χ1) is 20.9. The van der Waals surface area contributed by atoms with Gasteiger partial charge in [-0.3, -0.25) is 14.2 Å². The molecule has 5 aromatic rings. The van der Waals surface area contributed by atoms with Gasteiger partial charge < -0.3 is 15.5 Å². The fourth-order valence-electron chi connectivity index (χ4n) is 5.96. The topological polar surface area (TPSA) is 124 Å². The predicted molar refractivity (Wildman–Crippen MR) is 162 cm³/mol. The Balaban J connectivity index is 1.16. The molecule has 1 spiro atoms. The molecule has 1 aromatic carbocycles. The third-order valence-corrected chi connectivity index (χ3v) is 9.35. The summed E-state index contributed by atoms with van der Waals surface area (Å²) < 4.78 is 15.5. The molecule has 7 rings (SSSR count). The van der Waals surface area contributed by atoms with Gasteiger partial charge in [0, 0.05) is 43.5 Å². The van der Waals surface area contributed by atoms with Crippen LogP contribution < -0.4 is 15.5 Å². The highest BCUT2D eigenvalue weighted by Crippen LogP contribution is 2.44. The van der Waals surface area contributed by atoms with Crippen LogP contribution in [0, 0.1) is 22.6 Å². The fourth-order valence-corrected chi connectivity index (χ4v) is 6.80. The highest BCUT2D eigenvalue weighted by molar-refractivity contribution is 7.16. The van der Waals surface area contributed by atoms with Crippen molar-refractivity contribution in [1.82, 2.24) is 35.0 Å². The maximum Gasteiger partial charge on any atom is 0.271 e. The first kappa shape index (κ1) is 27.1. The van der Waals surface area contributed by atoms with Gasteiger partial charge in [-0.05, 0) is 61.1 Å². The molecular weight excluding hydrogens is 565 g/mol. The van der Waals surface area contributed by atoms with Crippen LogP contribution in [0.4, 0.5) is 15.3 Å². The summed E-state index contributed by atoms with van der Waals surface area (Å²) in [5.41, 5.74) is 4.92. The van der Waals surface area contributed by atoms with E-state index in [2.05, 4.69) is 26.7 Å². The number of rotatable bonds is 7. The molecule has 2 fully saturated rings. The van der Waals surface area contributed by atoms with Gasteiger partial charge in [-0.15, -0.1) is 0 Å². The number of halogens is 1. The Bertz CT molecular complexity index is 1880. The third kappa shape index (κ3) is 4.80. The van der Waals surface area contributed by atoms with Crippen molar-refractivity contribution in [3.05, 3.63) is 77.1 Å². The van der Waals surface area contributed by atoms with Crippen LogP contribution in [-0.4, -0.2) is 56.4 Å². The number of nitriles is 1. The quantitative estimate of drug-likeness (QED) is 0.277. The number of aryl methyl sites for hydroxylation is 1. The van der Waals surface area contributed by atoms with Gasteiger partial charge in [0.05, 0.1) is 23.8 Å². The lowest BCUT2D eigenvalue weighted by molar-refractivity contribution is 0.0231. The summed E-state index contributed by atoms with van der Waals surface area (Å²) in [6.45, 7) is 4.11. The second kappa shape index (κ2) is 10.5. The summed E-state index contributed by atoms with van der Waals surface area (Å²) >= 11 is 1.27. The van der Waals surface area contributed by atoms with Crippen LogP contribution in [0.5, 0.6) is 0 Å². The molecule has 12 heteroatoms. The lowest BCUT2D eigenvalue weighted by Crippen LogP contribution is -2.65. The second-order valence-corrected chi connectivity index (χ2v) is 12.2. The molecule has 1 saturated heterocycles. The number of anilines is 2. The van der Waals surface area contributed by atoms with Gasteiger partial charge >= 0.3 is 0 Å². The van der Waals surface area contributed by atoms with Crippen molar-refractivity contribution in [1.29, 1.82) is 5.26 Å². The van der Waals surface area contributed by atoms with E-state index in [1.807, 2.05) is 41.6 Å². The van der Waals surface area contributed by atoms with Crippen molar-refractivity contribution >= 4 is 33.8 Å². The summed E-state index contributed by atoms with van der Waals surface area (Å²) in [5, 5.41) is 16.8. The minimum atomic E-state index is -0.347. The number of nitrogens with zero attached hydrogens (tertiary/aromatic N) is 7. The average molecular weight is 594 g/mol. The first-order valence-corrected chi connectivity index (χ1v) is 14.9. The Morgan fingerprint density at radius 3 is 2.58 bits per heavy atom. The second-order valence-electron chi connectivity index (χ2n) is 11.2. The van der Waals surface area contributed by atoms with E-state index in [0.29, 0.717) is 44.5 Å². The van der Waals surface area contributed by atoms with Crippen LogP contribution in [-0.2, 0) is 6.42 Å². The number of thiazole rings is 1. The molecule has 1 saturated carbocycles. The third-order valence-electron chi connectivity index (χ3n) is 8.31. The Kier molecular flexibility index (Phi) is 6.64. The molecule has 0 radical (unpaired) electrons. The van der Waals surface area contributed by atoms with Crippen LogP contribution in [0.25, 0.3) is 28.2 Å². The van der Waals surface area contributed by atoms with Crippen molar-refractivity contribution in [3.63, 3.8) is 0 Å². The SMILES string of the molecule is CCc1nc2ccc(-c3cnc(C(=O)NC4CC5(CNC5)C4)cn3)cn2c1N(C)c1nc(-c2ccc(F)cc2)c(C#N)s1. The number of aromatic nitrogens is 5. The number of amides is 1. The average Bonchev–Trinajstić information content (AvgIpc) is 3.59. The number of carbonyl (C=O) groups is 1. The van der Waals surface area contributed by atoms with E-state index < -0.39 is 0 Å². The van der Waals surface area contributed by atoms with Crippen molar-refractivity contribution in [2.24, 2.45) is 5.41 Å². The molecule has 4 aromatic heterocycles. The van der Waals surface area contributed by atoms with Gasteiger partial charge in [0.1, 0.15) is 39.6 Å². The number of fused-ring (bicyclic) bond motifs is 1. The van der Waals surface area contributed by atoms with E-state index in [0.717, 1.165) is 48.7 Å². The van der Waals surface area contributed by atoms with Gasteiger partial charge in [-0.25, -0.2) is 19.3 Å². The molecule has 1 amide bonds. The van der Waals surface area contributed by atoms with Crippen LogP contribution >= 0.6 is 11.3 Å². The zero-order valence-electron chi connectivity index (χ0n) is 23.6. The summed E-state index contributed by atoms with van der Waals surface area (Å²) in [4.78, 5) is 33.7. The van der Waals surface area contributed by atoms with Gasteiger partial charge in [0.2, 0.25) is 0 Å². The van der Waals surface area contributed by atoms with Crippen LogP contribution in [0.1, 0.15) is 40.8 Å². The maximum atomic E-state index is 13.5. The summed E-state index contributed by atoms with van der Waals surface area (Å²) in [6, 6.07) is 12.2. The van der Waals surface area contributed by atoms with Gasteiger partial charge in [0.25, 0.3) is 5.91 Å². The Hall–Kier alpha value is -4.73. The van der Waals surface area contributed by atoms with Crippen LogP contribution in [0.3, 0.4) is 0 Å². The van der Waals surface area contributed by atoms with Crippen molar-refractivity contribution < 1.29 is 9.18 Å². The van der Waals surface area contributed by atoms with Gasteiger partial charge in [0.15, 0.2) is 5.13 Å². The molecule has 10 nitrogen and oxygen atoms in total. The zero-order chi connectivity index (χ0) is 29.7. The van der Waals surface area contributed by atoms with E-state index in [1.165, 1.54) is 29.7 Å². The van der Waals surface area contributed by atoms with E-state index in [1.54, 1.807) is 18.3 Å². The summed E-state index contributed by atoms with van der Waals surface area (Å²) in [7, 11) is 1.89. The summed E-state index contributed by atoms with van der Waals surface area (Å²) in [6.07, 6.45) is 7.76. The minimum absolute atomic E-state index is 0.191. The molecule has 1 aliphatic carbocycles. The minimum Gasteiger partial charge on any atom is -0.348 e. The summed E-state index contributed by atoms with van der Waals surface area (Å²) in [5.74, 6) is 0.264. The number of imidazole rings is 1. The number of carbonyl (C=O) groups excluding carboxylic acids is 1. The molecule has 0 atom stereocenters. The highest BCUT2D eigenvalue weighted by Gasteiger charge is 2.48. The lowest BCUT2D eigenvalue weighted by Gasteiger charge is -2.54. The highest BCUT2D eigenvalue weighted by atomic mass is 32.1. The zero-order valence-corrected chi connectivity index (χ0v) is 24.5. The van der Waals surface area contributed by atoms with Crippen LogP contribution in [0.2, 0.25) is 0 Å². The molecule has 0 bridgehead atoms. The molecule has 216 valence electrons. The fraction of sp³-hybridized carbons (Fsp3) is 0.290. The standard InChI is InChI=1S/C31H28FN9OS/c1-3-22-29(40(2)30-39-27(25(12-33)43-30)18-4-7-20(32)8-5-18)41-15-19(6-9-26(41)38-22)23-13-36-24(14-35-23)28(42)37-21-10-31(11-21)16-34-17-31/h4-9,13-15,21,34H,3,10-11,16-17H2,1-2H3,(H,37,42). The number of pyridine rings is 1. The lowest BCUT2D eigenvalue weighted by atomic mass is 9.61. The van der Waals surface area contributed by atoms with Crippen molar-refractivity contribution in [3.8, 4) is 28.6 Å². The molecule has 1 aliphatic heterocycles. The number of nitrogens with one attached hydrogen (secondary N) is 2. The van der Waals surface area contributed by atoms with Crippen molar-refractivity contribution in [2.75, 3.05) is 25.0 Å². The van der Waals surface area contributed by atoms with E-state index in [9.17, 15) is 14.4 Å². The van der Waals surface area contributed by atoms with Crippen LogP contribution in [0.15, 0.2) is 55.0 Å². The Labute approximate surface area is 251 Å². The normalized spacial score (nSPS) is 15.6. The predicted octanol–water partition coefficient (Wildman–Crippen LogP) is 4.74. The number of hydrogen-bond acceptors (Lipinski definition) is 9. The Morgan fingerprint density at radius 1 is 1.16 bits per heavy atom. The molecule has 0 unspecified atom stereocenters. The van der Waals surface area contributed by atoms with E-state index >= 15 is 0 Å². The molecular formula is C31H28FN9OS. The largest absolute Gasteiger partial charge is 0.348 e. The Morgan fingerprint density at radius 2 is 1.93 bits per heavy atom. The number of benzene rings is 1.